The van der Waals surface area contributed by atoms with E-state index >= 15 is 0 Å². The molecule has 0 spiro atoms. The number of aliphatic carboxylic acids is 1. The van der Waals surface area contributed by atoms with Gasteiger partial charge in [0.1, 0.15) is 13.2 Å². The SMILES string of the molecule is CC/C=C\C/C=C\C/C=C\C/C=C\C/C=C\C/C=C\C/C=C\C/C=C\CCCCC(=O)OC(COC(=O)CCCCCCCCCCCCCCCCCCCCCCCCCCCC/C=C\C/C=C\C/C=C\CCCCCCC)COC(OCC[N+](C)(C)C)C(=O)O. The van der Waals surface area contributed by atoms with E-state index in [1.54, 1.807) is 0 Å². The summed E-state index contributed by atoms with van der Waals surface area (Å²) in [7, 11) is 5.96. The molecule has 0 amide bonds. The Hall–Kier alpha value is -4.57. The van der Waals surface area contributed by atoms with Crippen molar-refractivity contribution in [3.8, 4) is 0 Å². The zero-order chi connectivity index (χ0) is 67.5. The molecule has 1 N–H and O–H groups in total. The molecule has 9 nitrogen and oxygen atoms in total. The number of quaternary nitrogens is 1. The van der Waals surface area contributed by atoms with Gasteiger partial charge in [0, 0.05) is 12.8 Å². The lowest BCUT2D eigenvalue weighted by Crippen LogP contribution is -2.40. The number of unbranched alkanes of at least 4 members (excludes halogenated alkanes) is 33. The highest BCUT2D eigenvalue weighted by molar-refractivity contribution is 5.71. The number of hydrogen-bond donors (Lipinski definition) is 1. The van der Waals surface area contributed by atoms with Gasteiger partial charge in [-0.3, -0.25) is 9.59 Å². The maximum absolute atomic E-state index is 12.9. The van der Waals surface area contributed by atoms with Crippen molar-refractivity contribution in [1.82, 2.24) is 0 Å². The van der Waals surface area contributed by atoms with E-state index in [1.807, 2.05) is 21.1 Å². The highest BCUT2D eigenvalue weighted by atomic mass is 16.7. The van der Waals surface area contributed by atoms with Gasteiger partial charge in [0.05, 0.1) is 34.4 Å². The van der Waals surface area contributed by atoms with Crippen LogP contribution in [0.3, 0.4) is 0 Å². The first-order valence-electron chi connectivity index (χ1n) is 38.3. The number of allylic oxidation sites excluding steroid dienone is 22. The zero-order valence-corrected chi connectivity index (χ0v) is 60.9. The molecule has 0 aromatic heterocycles. The molecule has 0 aromatic carbocycles. The van der Waals surface area contributed by atoms with Gasteiger partial charge in [-0.05, 0) is 116 Å². The minimum absolute atomic E-state index is 0.174. The quantitative estimate of drug-likeness (QED) is 0.0211. The van der Waals surface area contributed by atoms with E-state index in [9.17, 15) is 19.5 Å². The Morgan fingerprint density at radius 2 is 0.613 bits per heavy atom. The van der Waals surface area contributed by atoms with Crippen molar-refractivity contribution in [1.29, 1.82) is 0 Å². The van der Waals surface area contributed by atoms with Crippen LogP contribution in [0, 0.1) is 0 Å². The van der Waals surface area contributed by atoms with Crippen molar-refractivity contribution >= 4 is 17.9 Å². The van der Waals surface area contributed by atoms with Gasteiger partial charge in [0.15, 0.2) is 6.10 Å². The fraction of sp³-hybridized carbons (Fsp3) is 0.702. The third kappa shape index (κ3) is 74.7. The van der Waals surface area contributed by atoms with E-state index in [4.69, 9.17) is 18.9 Å². The average Bonchev–Trinajstić information content (AvgIpc) is 3.38. The van der Waals surface area contributed by atoms with Crippen LogP contribution in [0.15, 0.2) is 134 Å². The van der Waals surface area contributed by atoms with Crippen LogP contribution < -0.4 is 0 Å². The van der Waals surface area contributed by atoms with Crippen LogP contribution in [-0.2, 0) is 33.3 Å². The van der Waals surface area contributed by atoms with E-state index in [0.29, 0.717) is 17.4 Å². The minimum Gasteiger partial charge on any atom is -0.477 e. The number of carboxylic acid groups (broad SMARTS) is 1. The Morgan fingerprint density at radius 3 is 0.935 bits per heavy atom. The first kappa shape index (κ1) is 88.4. The Balaban J connectivity index is 4.06. The van der Waals surface area contributed by atoms with Crippen molar-refractivity contribution in [3.63, 3.8) is 0 Å². The normalized spacial score (nSPS) is 13.4. The Labute approximate surface area is 573 Å². The van der Waals surface area contributed by atoms with Gasteiger partial charge in [0.2, 0.25) is 0 Å². The molecule has 532 valence electrons. The molecular weight excluding hydrogens is 1150 g/mol. The van der Waals surface area contributed by atoms with Crippen LogP contribution in [0.1, 0.15) is 322 Å². The number of hydrogen-bond acceptors (Lipinski definition) is 7. The molecule has 9 heteroatoms. The molecule has 0 aromatic rings. The summed E-state index contributed by atoms with van der Waals surface area (Å²) in [5.74, 6) is -2.06. The molecule has 2 unspecified atom stereocenters. The molecule has 0 aliphatic heterocycles. The number of carbonyl (C=O) groups excluding carboxylic acids is 2. The van der Waals surface area contributed by atoms with Crippen molar-refractivity contribution < 1.29 is 42.9 Å². The number of esters is 2. The van der Waals surface area contributed by atoms with Gasteiger partial charge in [-0.25, -0.2) is 4.79 Å². The third-order valence-electron chi connectivity index (χ3n) is 16.4. The van der Waals surface area contributed by atoms with Crippen LogP contribution >= 0.6 is 0 Å². The Kier molecular flexibility index (Phi) is 69.6. The smallest absolute Gasteiger partial charge is 0.361 e. The summed E-state index contributed by atoms with van der Waals surface area (Å²) in [6.45, 7) is 4.71. The van der Waals surface area contributed by atoms with Gasteiger partial charge in [-0.1, -0.05) is 327 Å². The van der Waals surface area contributed by atoms with Crippen molar-refractivity contribution in [3.05, 3.63) is 134 Å². The largest absolute Gasteiger partial charge is 0.477 e. The molecule has 0 aliphatic rings. The van der Waals surface area contributed by atoms with Gasteiger partial charge in [0.25, 0.3) is 6.29 Å². The molecule has 93 heavy (non-hydrogen) atoms. The molecule has 0 aliphatic carbocycles. The summed E-state index contributed by atoms with van der Waals surface area (Å²) in [6.07, 6.45) is 103. The molecule has 2 atom stereocenters. The third-order valence-corrected chi connectivity index (χ3v) is 16.4. The topological polar surface area (TPSA) is 108 Å². The second-order valence-corrected chi connectivity index (χ2v) is 26.6. The van der Waals surface area contributed by atoms with E-state index in [0.717, 1.165) is 96.3 Å². The van der Waals surface area contributed by atoms with E-state index in [-0.39, 0.29) is 38.6 Å². The lowest BCUT2D eigenvalue weighted by molar-refractivity contribution is -0.870. The number of likely N-dealkylation sites (N-methyl/N-ethyl adjacent to an activating group) is 1. The summed E-state index contributed by atoms with van der Waals surface area (Å²) < 4.78 is 22.9. The fourth-order valence-electron chi connectivity index (χ4n) is 10.6. The van der Waals surface area contributed by atoms with Crippen molar-refractivity contribution in [2.75, 3.05) is 47.5 Å². The maximum atomic E-state index is 12.9. The van der Waals surface area contributed by atoms with E-state index < -0.39 is 24.3 Å². The molecule has 0 saturated heterocycles. The van der Waals surface area contributed by atoms with Crippen LogP contribution in [0.25, 0.3) is 0 Å². The molecule has 0 rings (SSSR count). The first-order chi connectivity index (χ1) is 45.6. The monoisotopic (exact) mass is 1300 g/mol. The number of rotatable bonds is 70. The first-order valence-corrected chi connectivity index (χ1v) is 38.3. The lowest BCUT2D eigenvalue weighted by Gasteiger charge is -2.25. The predicted octanol–water partition coefficient (Wildman–Crippen LogP) is 24.5. The second-order valence-electron chi connectivity index (χ2n) is 26.6. The fourth-order valence-corrected chi connectivity index (χ4v) is 10.6. The molecule has 0 fully saturated rings. The summed E-state index contributed by atoms with van der Waals surface area (Å²) in [5, 5.41) is 9.75. The molecular formula is C84H144NO8+. The predicted molar refractivity (Wildman–Crippen MR) is 401 cm³/mol. The Morgan fingerprint density at radius 1 is 0.333 bits per heavy atom. The van der Waals surface area contributed by atoms with Crippen LogP contribution in [-0.4, -0.2) is 87.4 Å². The number of carboxylic acids is 1. The van der Waals surface area contributed by atoms with Crippen molar-refractivity contribution in [2.45, 2.75) is 334 Å². The van der Waals surface area contributed by atoms with Gasteiger partial charge in [-0.2, -0.15) is 0 Å². The second kappa shape index (κ2) is 73.2. The number of nitrogens with zero attached hydrogens (tertiary/aromatic N) is 1. The molecule has 0 radical (unpaired) electrons. The summed E-state index contributed by atoms with van der Waals surface area (Å²) in [4.78, 5) is 37.6. The standard InChI is InChI=1S/C84H143NO8/c1-6-8-10-12-14-16-18-20-22-24-26-28-30-32-34-35-36-37-38-39-40-41-42-43-44-45-46-47-49-50-52-54-56-58-60-62-64-66-68-70-72-74-81(86)91-78-80(79-92-84(83(88)89)90-77-76-85(3,4)5)93-82(87)75-73-71-69-67-65-63-61-59-57-55-53-51-48-33-31-29-27-25-23-21-19-17-15-13-11-9-7-2/h9,11,15,17-18,20-21,23-24,26-27,29-30,32-33,48,53,55,59,61,65,67,80,84H,6-8,10,12-14,16,19,22,25,28,31,34-47,49-52,54,56-58,60,62-64,66,68-79H2,1-5H3/p+1/b11-9-,17-15-,20-18-,23-21-,26-24-,29-27-,32-30-,48-33-,55-53-,61-59-,67-65-. The van der Waals surface area contributed by atoms with Gasteiger partial charge >= 0.3 is 17.9 Å². The number of ether oxygens (including phenoxy) is 4. The molecule has 0 saturated carbocycles. The highest BCUT2D eigenvalue weighted by Gasteiger charge is 2.25. The van der Waals surface area contributed by atoms with E-state index in [2.05, 4.69) is 148 Å². The van der Waals surface area contributed by atoms with Gasteiger partial charge < -0.3 is 28.5 Å². The van der Waals surface area contributed by atoms with Gasteiger partial charge in [-0.15, -0.1) is 0 Å². The number of carbonyl (C=O) groups is 3. The molecule has 0 heterocycles. The van der Waals surface area contributed by atoms with E-state index in [1.165, 1.54) is 193 Å². The minimum atomic E-state index is -1.53. The zero-order valence-electron chi connectivity index (χ0n) is 60.9. The van der Waals surface area contributed by atoms with Crippen LogP contribution in [0.4, 0.5) is 0 Å². The van der Waals surface area contributed by atoms with Crippen LogP contribution in [0.5, 0.6) is 0 Å². The highest BCUT2D eigenvalue weighted by Crippen LogP contribution is 2.18. The Bertz CT molecular complexity index is 2000. The molecule has 0 bridgehead atoms. The van der Waals surface area contributed by atoms with Crippen LogP contribution in [0.2, 0.25) is 0 Å². The van der Waals surface area contributed by atoms with Crippen molar-refractivity contribution in [2.24, 2.45) is 0 Å². The average molecular weight is 1300 g/mol. The summed E-state index contributed by atoms with van der Waals surface area (Å²) in [6, 6.07) is 0. The summed E-state index contributed by atoms with van der Waals surface area (Å²) >= 11 is 0. The summed E-state index contributed by atoms with van der Waals surface area (Å²) in [5.41, 5.74) is 0. The maximum Gasteiger partial charge on any atom is 0.361 e. The lowest BCUT2D eigenvalue weighted by atomic mass is 10.0.